The molecule has 11 heteroatoms. The van der Waals surface area contributed by atoms with Gasteiger partial charge in [0.2, 0.25) is 10.0 Å². The van der Waals surface area contributed by atoms with Gasteiger partial charge in [0, 0.05) is 33.8 Å². The van der Waals surface area contributed by atoms with Gasteiger partial charge in [0.15, 0.2) is 0 Å². The number of ether oxygens (including phenoxy) is 2. The second-order valence-corrected chi connectivity index (χ2v) is 11.3. The number of nitrogens with zero attached hydrogens (tertiary/aromatic N) is 2. The van der Waals surface area contributed by atoms with E-state index in [9.17, 15) is 18.0 Å². The number of benzene rings is 2. The van der Waals surface area contributed by atoms with Crippen molar-refractivity contribution < 1.29 is 27.5 Å². The molecule has 9 nitrogen and oxygen atoms in total. The molecule has 0 saturated heterocycles. The third-order valence-electron chi connectivity index (χ3n) is 6.34. The molecule has 0 fully saturated rings. The highest BCUT2D eigenvalue weighted by Gasteiger charge is 2.42. The molecule has 0 saturated carbocycles. The lowest BCUT2D eigenvalue weighted by molar-refractivity contribution is -0.146. The first-order valence-electron chi connectivity index (χ1n) is 12.3. The lowest BCUT2D eigenvalue weighted by atomic mass is 9.75. The van der Waals surface area contributed by atoms with E-state index >= 15 is 0 Å². The van der Waals surface area contributed by atoms with Crippen LogP contribution in [0.3, 0.4) is 0 Å². The van der Waals surface area contributed by atoms with Crippen LogP contribution in [0.5, 0.6) is 0 Å². The predicted octanol–water partition coefficient (Wildman–Crippen LogP) is 4.70. The Balaban J connectivity index is 1.75. The summed E-state index contributed by atoms with van der Waals surface area (Å²) in [6.07, 6.45) is 0. The second kappa shape index (κ2) is 11.6. The minimum absolute atomic E-state index is 0.0256. The fourth-order valence-corrected chi connectivity index (χ4v) is 5.97. The zero-order chi connectivity index (χ0) is 28.3. The number of rotatable bonds is 8. The summed E-state index contributed by atoms with van der Waals surface area (Å²) < 4.78 is 33.9. The van der Waals surface area contributed by atoms with Gasteiger partial charge in [-0.1, -0.05) is 30.3 Å². The summed E-state index contributed by atoms with van der Waals surface area (Å²) in [6, 6.07) is 13.7. The van der Waals surface area contributed by atoms with E-state index in [-0.39, 0.29) is 18.1 Å². The summed E-state index contributed by atoms with van der Waals surface area (Å²) in [5, 5.41) is 7.79. The quantitative estimate of drug-likeness (QED) is 0.389. The van der Waals surface area contributed by atoms with Gasteiger partial charge in [-0.3, -0.25) is 9.79 Å². The minimum Gasteiger partial charge on any atom is -0.465 e. The molecule has 2 heterocycles. The van der Waals surface area contributed by atoms with Crippen molar-refractivity contribution in [3.8, 4) is 21.8 Å². The normalized spacial score (nSPS) is 17.5. The molecule has 3 aromatic rings. The number of primary sulfonamides is 1. The summed E-state index contributed by atoms with van der Waals surface area (Å²) in [4.78, 5) is 35.4. The summed E-state index contributed by atoms with van der Waals surface area (Å²) in [5.41, 5.74) is 4.34. The van der Waals surface area contributed by atoms with Crippen LogP contribution in [0.15, 0.2) is 75.1 Å². The van der Waals surface area contributed by atoms with E-state index in [1.807, 2.05) is 29.6 Å². The van der Waals surface area contributed by atoms with Crippen molar-refractivity contribution in [2.45, 2.75) is 38.5 Å². The lowest BCUT2D eigenvalue weighted by Gasteiger charge is -2.31. The van der Waals surface area contributed by atoms with Crippen molar-refractivity contribution in [3.63, 3.8) is 0 Å². The number of hydrogen-bond donors (Lipinski definition) is 1. The number of sulfonamides is 1. The van der Waals surface area contributed by atoms with Gasteiger partial charge in [-0.15, -0.1) is 11.3 Å². The van der Waals surface area contributed by atoms with Gasteiger partial charge in [-0.25, -0.2) is 23.3 Å². The molecule has 0 spiro atoms. The van der Waals surface area contributed by atoms with E-state index in [0.717, 1.165) is 21.7 Å². The number of hydrogen-bond acceptors (Lipinski definition) is 9. The van der Waals surface area contributed by atoms with Crippen molar-refractivity contribution in [3.05, 3.63) is 70.7 Å². The maximum atomic E-state index is 13.1. The van der Waals surface area contributed by atoms with Crippen LogP contribution in [0.2, 0.25) is 0 Å². The molecule has 2 aromatic carbocycles. The van der Waals surface area contributed by atoms with Crippen LogP contribution in [-0.2, 0) is 29.1 Å². The monoisotopic (exact) mass is 567 g/mol. The molecule has 0 bridgehead atoms. The average Bonchev–Trinajstić information content (AvgIpc) is 3.38. The molecular weight excluding hydrogens is 538 g/mol. The zero-order valence-corrected chi connectivity index (χ0v) is 23.6. The van der Waals surface area contributed by atoms with E-state index < -0.39 is 33.8 Å². The Morgan fingerprint density at radius 1 is 1.00 bits per heavy atom. The van der Waals surface area contributed by atoms with Crippen molar-refractivity contribution >= 4 is 39.0 Å². The van der Waals surface area contributed by atoms with Crippen LogP contribution >= 0.6 is 11.3 Å². The first-order chi connectivity index (χ1) is 18.5. The Morgan fingerprint density at radius 3 is 2.33 bits per heavy atom. The fourth-order valence-electron chi connectivity index (χ4n) is 4.63. The standard InChI is InChI=1S/C28H29N3O6S2/c1-5-36-27(32)23-16(3)30-17(4)24(28(33)37-6-2)25(23)19-8-7-9-20(14-19)26-31-22(15-38-26)18-10-12-21(13-11-18)39(29,34)35/h7-15,23,25H,5-6H2,1-4H3,(H2,29,34,35). The Labute approximate surface area is 231 Å². The van der Waals surface area contributed by atoms with E-state index in [1.165, 1.54) is 23.5 Å². The van der Waals surface area contributed by atoms with Crippen LogP contribution in [0, 0.1) is 5.92 Å². The number of nitrogens with two attached hydrogens (primary N) is 1. The molecule has 4 rings (SSSR count). The summed E-state index contributed by atoms with van der Waals surface area (Å²) in [7, 11) is -3.79. The Hall–Kier alpha value is -3.67. The van der Waals surface area contributed by atoms with E-state index in [2.05, 4.69) is 4.99 Å². The molecule has 0 radical (unpaired) electrons. The van der Waals surface area contributed by atoms with Gasteiger partial charge < -0.3 is 9.47 Å². The molecular formula is C28H29N3O6S2. The zero-order valence-electron chi connectivity index (χ0n) is 22.0. The molecule has 1 aliphatic heterocycles. The van der Waals surface area contributed by atoms with E-state index in [0.29, 0.717) is 22.7 Å². The molecule has 39 heavy (non-hydrogen) atoms. The smallest absolute Gasteiger partial charge is 0.336 e. The first-order valence-corrected chi connectivity index (χ1v) is 14.8. The summed E-state index contributed by atoms with van der Waals surface area (Å²) in [5.74, 6) is -2.41. The topological polar surface area (TPSA) is 138 Å². The Bertz CT molecular complexity index is 1570. The van der Waals surface area contributed by atoms with Crippen molar-refractivity contribution in [2.75, 3.05) is 13.2 Å². The highest BCUT2D eigenvalue weighted by atomic mass is 32.2. The number of carbonyl (C=O) groups excluding carboxylic acids is 2. The summed E-state index contributed by atoms with van der Waals surface area (Å²) >= 11 is 1.42. The molecule has 0 aliphatic carbocycles. The first kappa shape index (κ1) is 28.3. The third kappa shape index (κ3) is 6.00. The number of thiazole rings is 1. The van der Waals surface area contributed by atoms with Gasteiger partial charge in [-0.05, 0) is 51.5 Å². The molecule has 2 N–H and O–H groups in total. The van der Waals surface area contributed by atoms with Crippen LogP contribution in [0.25, 0.3) is 21.8 Å². The van der Waals surface area contributed by atoms with E-state index in [1.54, 1.807) is 39.8 Å². The van der Waals surface area contributed by atoms with Crippen LogP contribution in [-0.4, -0.2) is 44.3 Å². The number of aromatic nitrogens is 1. The molecule has 1 aromatic heterocycles. The van der Waals surface area contributed by atoms with Crippen LogP contribution < -0.4 is 5.14 Å². The highest BCUT2D eigenvalue weighted by Crippen LogP contribution is 2.41. The SMILES string of the molecule is CCOC(=O)C1=C(C)N=C(C)C(C(=O)OCC)C1c1cccc(-c2nc(-c3ccc(S(N)(=O)=O)cc3)cs2)c1. The Morgan fingerprint density at radius 2 is 1.69 bits per heavy atom. The van der Waals surface area contributed by atoms with Gasteiger partial charge in [0.25, 0.3) is 0 Å². The number of carbonyl (C=O) groups is 2. The lowest BCUT2D eigenvalue weighted by Crippen LogP contribution is -2.36. The molecule has 2 unspecified atom stereocenters. The van der Waals surface area contributed by atoms with Crippen molar-refractivity contribution in [1.29, 1.82) is 0 Å². The number of esters is 2. The largest absolute Gasteiger partial charge is 0.465 e. The maximum Gasteiger partial charge on any atom is 0.336 e. The Kier molecular flexibility index (Phi) is 8.43. The fraction of sp³-hybridized carbons (Fsp3) is 0.286. The molecule has 0 amide bonds. The third-order valence-corrected chi connectivity index (χ3v) is 8.16. The number of aliphatic imine (C=N–C) groups is 1. The van der Waals surface area contributed by atoms with Gasteiger partial charge in [0.05, 0.1) is 29.4 Å². The number of allylic oxidation sites excluding steroid dienone is 1. The van der Waals surface area contributed by atoms with Gasteiger partial charge >= 0.3 is 11.9 Å². The van der Waals surface area contributed by atoms with Crippen molar-refractivity contribution in [1.82, 2.24) is 4.98 Å². The average molecular weight is 568 g/mol. The maximum absolute atomic E-state index is 13.1. The second-order valence-electron chi connectivity index (χ2n) is 8.91. The minimum atomic E-state index is -3.79. The van der Waals surface area contributed by atoms with Gasteiger partial charge in [-0.2, -0.15) is 0 Å². The predicted molar refractivity (Wildman–Crippen MR) is 150 cm³/mol. The molecule has 2 atom stereocenters. The highest BCUT2D eigenvalue weighted by molar-refractivity contribution is 7.89. The van der Waals surface area contributed by atoms with Crippen LogP contribution in [0.1, 0.15) is 39.2 Å². The molecule has 204 valence electrons. The summed E-state index contributed by atoms with van der Waals surface area (Å²) in [6.45, 7) is 7.35. The van der Waals surface area contributed by atoms with Crippen molar-refractivity contribution in [2.24, 2.45) is 16.0 Å². The van der Waals surface area contributed by atoms with Gasteiger partial charge in [0.1, 0.15) is 10.9 Å². The van der Waals surface area contributed by atoms with Crippen LogP contribution in [0.4, 0.5) is 0 Å². The van der Waals surface area contributed by atoms with E-state index in [4.69, 9.17) is 19.6 Å². The molecule has 1 aliphatic rings.